The van der Waals surface area contributed by atoms with E-state index in [1.807, 2.05) is 17.1 Å². The van der Waals surface area contributed by atoms with Gasteiger partial charge in [-0.25, -0.2) is 4.68 Å². The molecule has 6 heteroatoms. The first-order chi connectivity index (χ1) is 7.19. The number of hydrogen-bond donors (Lipinski definition) is 2. The molecule has 0 radical (unpaired) electrons. The minimum atomic E-state index is 0.424. The van der Waals surface area contributed by atoms with Crippen LogP contribution in [0.1, 0.15) is 13.8 Å². The standard InChI is InChI=1S/C9H16N6/c1-3-13(4-2)15-6-5-14-8(15)7(10)12-9(14)11/h5-6H,3-4,10H2,1-2H3,(H2,11,12). The molecule has 2 rings (SSSR count). The number of anilines is 2. The van der Waals surface area contributed by atoms with Gasteiger partial charge >= 0.3 is 0 Å². The molecule has 2 aromatic rings. The van der Waals surface area contributed by atoms with E-state index in [4.69, 9.17) is 11.5 Å². The molecule has 2 aromatic heterocycles. The van der Waals surface area contributed by atoms with E-state index >= 15 is 0 Å². The first-order valence-corrected chi connectivity index (χ1v) is 5.04. The van der Waals surface area contributed by atoms with Gasteiger partial charge < -0.3 is 16.5 Å². The Morgan fingerprint density at radius 2 is 1.93 bits per heavy atom. The van der Waals surface area contributed by atoms with Crippen LogP contribution in [-0.4, -0.2) is 27.2 Å². The lowest BCUT2D eigenvalue weighted by Crippen LogP contribution is -2.33. The largest absolute Gasteiger partial charge is 0.380 e. The fraction of sp³-hybridized carbons (Fsp3) is 0.444. The number of nitrogens with two attached hydrogens (primary N) is 2. The van der Waals surface area contributed by atoms with Gasteiger partial charge in [0.2, 0.25) is 5.95 Å². The van der Waals surface area contributed by atoms with Gasteiger partial charge in [0.1, 0.15) is 0 Å². The van der Waals surface area contributed by atoms with Gasteiger partial charge in [-0.3, -0.25) is 4.40 Å². The van der Waals surface area contributed by atoms with Gasteiger partial charge in [-0.2, -0.15) is 4.98 Å². The molecule has 0 aliphatic heterocycles. The summed E-state index contributed by atoms with van der Waals surface area (Å²) in [5.41, 5.74) is 12.4. The minimum absolute atomic E-state index is 0.424. The summed E-state index contributed by atoms with van der Waals surface area (Å²) in [5.74, 6) is 0.887. The molecule has 6 nitrogen and oxygen atoms in total. The second kappa shape index (κ2) is 3.38. The van der Waals surface area contributed by atoms with Crippen molar-refractivity contribution in [3.05, 3.63) is 12.4 Å². The van der Waals surface area contributed by atoms with Crippen LogP contribution in [0.15, 0.2) is 12.4 Å². The van der Waals surface area contributed by atoms with Crippen molar-refractivity contribution < 1.29 is 0 Å². The fourth-order valence-corrected chi connectivity index (χ4v) is 1.79. The van der Waals surface area contributed by atoms with Gasteiger partial charge in [0.15, 0.2) is 11.5 Å². The zero-order chi connectivity index (χ0) is 11.0. The zero-order valence-corrected chi connectivity index (χ0v) is 9.01. The maximum Gasteiger partial charge on any atom is 0.208 e. The number of nitrogen functional groups attached to an aromatic ring is 2. The Morgan fingerprint density at radius 3 is 2.53 bits per heavy atom. The Balaban J connectivity index is 2.61. The van der Waals surface area contributed by atoms with Gasteiger partial charge in [0, 0.05) is 25.5 Å². The zero-order valence-electron chi connectivity index (χ0n) is 9.01. The summed E-state index contributed by atoms with van der Waals surface area (Å²) in [6, 6.07) is 0. The topological polar surface area (TPSA) is 77.5 Å². The molecule has 0 bridgehead atoms. The van der Waals surface area contributed by atoms with E-state index in [2.05, 4.69) is 23.8 Å². The summed E-state index contributed by atoms with van der Waals surface area (Å²) >= 11 is 0. The van der Waals surface area contributed by atoms with E-state index < -0.39 is 0 Å². The second-order valence-corrected chi connectivity index (χ2v) is 3.33. The number of aromatic nitrogens is 3. The van der Waals surface area contributed by atoms with Crippen LogP contribution in [0.3, 0.4) is 0 Å². The third-order valence-electron chi connectivity index (χ3n) is 2.55. The summed E-state index contributed by atoms with van der Waals surface area (Å²) in [6.07, 6.45) is 3.81. The highest BCUT2D eigenvalue weighted by Crippen LogP contribution is 2.17. The summed E-state index contributed by atoms with van der Waals surface area (Å²) < 4.78 is 3.77. The SMILES string of the molecule is CCN(CC)n1ccn2c(N)nc(N)c12. The van der Waals surface area contributed by atoms with Crippen molar-refractivity contribution in [2.24, 2.45) is 0 Å². The molecule has 0 saturated carbocycles. The minimum Gasteiger partial charge on any atom is -0.380 e. The van der Waals surface area contributed by atoms with Gasteiger partial charge in [-0.05, 0) is 13.8 Å². The average molecular weight is 208 g/mol. The Labute approximate surface area is 88.1 Å². The predicted molar refractivity (Wildman–Crippen MR) is 61.3 cm³/mol. The second-order valence-electron chi connectivity index (χ2n) is 3.33. The van der Waals surface area contributed by atoms with E-state index in [1.165, 1.54) is 0 Å². The van der Waals surface area contributed by atoms with Crippen molar-refractivity contribution >= 4 is 17.4 Å². The highest BCUT2D eigenvalue weighted by molar-refractivity contribution is 5.66. The first-order valence-electron chi connectivity index (χ1n) is 5.04. The molecular weight excluding hydrogens is 192 g/mol. The van der Waals surface area contributed by atoms with Gasteiger partial charge in [-0.15, -0.1) is 0 Å². The average Bonchev–Trinajstić information content (AvgIpc) is 2.74. The van der Waals surface area contributed by atoms with Gasteiger partial charge in [0.25, 0.3) is 0 Å². The smallest absolute Gasteiger partial charge is 0.208 e. The van der Waals surface area contributed by atoms with E-state index in [0.717, 1.165) is 18.7 Å². The molecule has 0 saturated heterocycles. The lowest BCUT2D eigenvalue weighted by atomic mass is 10.6. The number of rotatable bonds is 3. The Morgan fingerprint density at radius 1 is 1.27 bits per heavy atom. The maximum atomic E-state index is 5.81. The van der Waals surface area contributed by atoms with E-state index in [9.17, 15) is 0 Å². The molecule has 0 aliphatic rings. The van der Waals surface area contributed by atoms with Crippen LogP contribution in [0.25, 0.3) is 5.65 Å². The normalized spacial score (nSPS) is 11.1. The molecule has 0 aliphatic carbocycles. The molecule has 0 aromatic carbocycles. The van der Waals surface area contributed by atoms with Gasteiger partial charge in [0.05, 0.1) is 0 Å². The third-order valence-corrected chi connectivity index (χ3v) is 2.55. The molecule has 4 N–H and O–H groups in total. The van der Waals surface area contributed by atoms with Crippen molar-refractivity contribution in [3.8, 4) is 0 Å². The molecule has 2 heterocycles. The molecule has 0 fully saturated rings. The Kier molecular flexibility index (Phi) is 2.18. The molecule has 82 valence electrons. The first kappa shape index (κ1) is 9.70. The van der Waals surface area contributed by atoms with Crippen LogP contribution < -0.4 is 16.5 Å². The van der Waals surface area contributed by atoms with Crippen molar-refractivity contribution in [3.63, 3.8) is 0 Å². The number of fused-ring (bicyclic) bond motifs is 1. The van der Waals surface area contributed by atoms with Crippen molar-refractivity contribution in [2.75, 3.05) is 29.6 Å². The van der Waals surface area contributed by atoms with E-state index in [0.29, 0.717) is 11.8 Å². The highest BCUT2D eigenvalue weighted by Gasteiger charge is 2.13. The number of nitrogens with zero attached hydrogens (tertiary/aromatic N) is 4. The van der Waals surface area contributed by atoms with Crippen LogP contribution in [0.4, 0.5) is 11.8 Å². The van der Waals surface area contributed by atoms with Gasteiger partial charge in [-0.1, -0.05) is 0 Å². The monoisotopic (exact) mass is 208 g/mol. The lowest BCUT2D eigenvalue weighted by molar-refractivity contribution is 0.637. The van der Waals surface area contributed by atoms with Crippen molar-refractivity contribution in [1.29, 1.82) is 0 Å². The quantitative estimate of drug-likeness (QED) is 0.759. The molecule has 0 amide bonds. The summed E-state index contributed by atoms with van der Waals surface area (Å²) in [5, 5.41) is 2.15. The summed E-state index contributed by atoms with van der Waals surface area (Å²) in [7, 11) is 0. The highest BCUT2D eigenvalue weighted by atomic mass is 15.6. The molecule has 0 unspecified atom stereocenters. The van der Waals surface area contributed by atoms with Crippen LogP contribution in [0.5, 0.6) is 0 Å². The van der Waals surface area contributed by atoms with Crippen LogP contribution in [0, 0.1) is 0 Å². The fourth-order valence-electron chi connectivity index (χ4n) is 1.79. The molecular formula is C9H16N6. The number of imidazole rings is 2. The third kappa shape index (κ3) is 1.29. The van der Waals surface area contributed by atoms with Crippen LogP contribution in [-0.2, 0) is 0 Å². The Bertz CT molecular complexity index is 464. The van der Waals surface area contributed by atoms with E-state index in [1.54, 1.807) is 4.40 Å². The Hall–Kier alpha value is -1.85. The van der Waals surface area contributed by atoms with Crippen molar-refractivity contribution in [1.82, 2.24) is 14.1 Å². The van der Waals surface area contributed by atoms with Crippen LogP contribution in [0.2, 0.25) is 0 Å². The molecule has 15 heavy (non-hydrogen) atoms. The summed E-state index contributed by atoms with van der Waals surface area (Å²) in [4.78, 5) is 4.03. The molecule has 0 atom stereocenters. The number of hydrogen-bond acceptors (Lipinski definition) is 4. The molecule has 0 spiro atoms. The maximum absolute atomic E-state index is 5.81. The lowest BCUT2D eigenvalue weighted by Gasteiger charge is -2.22. The predicted octanol–water partition coefficient (Wildman–Crippen LogP) is 0.278. The van der Waals surface area contributed by atoms with Crippen LogP contribution >= 0.6 is 0 Å². The van der Waals surface area contributed by atoms with Crippen molar-refractivity contribution in [2.45, 2.75) is 13.8 Å². The van der Waals surface area contributed by atoms with E-state index in [-0.39, 0.29) is 0 Å². The summed E-state index contributed by atoms with van der Waals surface area (Å²) in [6.45, 7) is 6.00.